The number of allylic oxidation sites excluding steroid dienone is 15. The molecule has 5 unspecified atom stereocenters. The molecule has 0 aromatic carbocycles. The van der Waals surface area contributed by atoms with Crippen molar-refractivity contribution in [1.29, 1.82) is 0 Å². The lowest BCUT2D eigenvalue weighted by molar-refractivity contribution is -0.161. The van der Waals surface area contributed by atoms with Crippen LogP contribution in [0.5, 0.6) is 0 Å². The highest BCUT2D eigenvalue weighted by atomic mass is 31.2. The van der Waals surface area contributed by atoms with E-state index in [0.717, 1.165) is 141 Å². The van der Waals surface area contributed by atoms with Crippen LogP contribution in [-0.2, 0) is 65.4 Å². The van der Waals surface area contributed by atoms with Gasteiger partial charge in [-0.2, -0.15) is 0 Å². The average molecular weight is 1420 g/mol. The van der Waals surface area contributed by atoms with Crippen molar-refractivity contribution < 1.29 is 80.2 Å². The molecular formula is C79H138O17P2. The van der Waals surface area contributed by atoms with Crippen molar-refractivity contribution in [3.05, 3.63) is 97.2 Å². The summed E-state index contributed by atoms with van der Waals surface area (Å²) in [4.78, 5) is 72.8. The van der Waals surface area contributed by atoms with Gasteiger partial charge in [-0.15, -0.1) is 0 Å². The summed E-state index contributed by atoms with van der Waals surface area (Å²) >= 11 is 0. The molecule has 17 nitrogen and oxygen atoms in total. The number of aliphatic hydroxyl groups is 1. The third kappa shape index (κ3) is 70.4. The van der Waals surface area contributed by atoms with Gasteiger partial charge in [0, 0.05) is 19.3 Å². The molecular weight excluding hydrogens is 1280 g/mol. The van der Waals surface area contributed by atoms with Crippen molar-refractivity contribution in [3.63, 3.8) is 0 Å². The van der Waals surface area contributed by atoms with Gasteiger partial charge in [-0.1, -0.05) is 292 Å². The monoisotopic (exact) mass is 1420 g/mol. The van der Waals surface area contributed by atoms with Gasteiger partial charge in [0.1, 0.15) is 19.3 Å². The summed E-state index contributed by atoms with van der Waals surface area (Å²) in [5, 5.41) is 10.6. The highest BCUT2D eigenvalue weighted by Crippen LogP contribution is 2.45. The van der Waals surface area contributed by atoms with E-state index < -0.39 is 97.5 Å². The van der Waals surface area contributed by atoms with Crippen LogP contribution < -0.4 is 0 Å². The number of unbranched alkanes of at least 4 members (excludes halogenated alkanes) is 31. The lowest BCUT2D eigenvalue weighted by Crippen LogP contribution is -2.30. The quantitative estimate of drug-likeness (QED) is 0.0169. The van der Waals surface area contributed by atoms with Gasteiger partial charge in [-0.25, -0.2) is 9.13 Å². The summed E-state index contributed by atoms with van der Waals surface area (Å²) in [5.41, 5.74) is 0. The fourth-order valence-electron chi connectivity index (χ4n) is 10.2. The maximum absolute atomic E-state index is 13.1. The second-order valence-corrected chi connectivity index (χ2v) is 28.5. The highest BCUT2D eigenvalue weighted by Gasteiger charge is 2.30. The van der Waals surface area contributed by atoms with E-state index in [9.17, 15) is 43.2 Å². The molecule has 98 heavy (non-hydrogen) atoms. The van der Waals surface area contributed by atoms with E-state index in [1.54, 1.807) is 6.08 Å². The maximum atomic E-state index is 13.1. The molecule has 0 heterocycles. The number of phosphoric ester groups is 2. The second-order valence-electron chi connectivity index (χ2n) is 25.6. The molecule has 0 bridgehead atoms. The lowest BCUT2D eigenvalue weighted by Gasteiger charge is -2.21. The fraction of sp³-hybridized carbons (Fsp3) is 0.747. The van der Waals surface area contributed by atoms with E-state index in [4.69, 9.17) is 37.0 Å². The minimum atomic E-state index is -4.99. The Balaban J connectivity index is 5.40. The van der Waals surface area contributed by atoms with E-state index in [-0.39, 0.29) is 25.7 Å². The Morgan fingerprint density at radius 1 is 0.306 bits per heavy atom. The zero-order chi connectivity index (χ0) is 71.8. The number of phosphoric acid groups is 2. The van der Waals surface area contributed by atoms with Crippen LogP contribution in [0.1, 0.15) is 323 Å². The Bertz CT molecular complexity index is 2240. The molecule has 19 heteroatoms. The molecule has 0 amide bonds. The number of ether oxygens (including phenoxy) is 4. The first-order chi connectivity index (χ1) is 47.7. The molecule has 3 N–H and O–H groups in total. The topological polar surface area (TPSA) is 237 Å². The van der Waals surface area contributed by atoms with Crippen LogP contribution >= 0.6 is 15.6 Å². The van der Waals surface area contributed by atoms with Crippen LogP contribution in [0.3, 0.4) is 0 Å². The molecule has 0 aliphatic carbocycles. The van der Waals surface area contributed by atoms with Gasteiger partial charge < -0.3 is 33.8 Å². The minimum Gasteiger partial charge on any atom is -0.462 e. The summed E-state index contributed by atoms with van der Waals surface area (Å²) in [7, 11) is -9.97. The van der Waals surface area contributed by atoms with Gasteiger partial charge in [0.15, 0.2) is 12.2 Å². The summed E-state index contributed by atoms with van der Waals surface area (Å²) in [5.74, 6) is -2.33. The van der Waals surface area contributed by atoms with Crippen molar-refractivity contribution in [2.75, 3.05) is 39.6 Å². The van der Waals surface area contributed by atoms with Crippen LogP contribution in [0.4, 0.5) is 0 Å². The van der Waals surface area contributed by atoms with E-state index in [2.05, 4.69) is 101 Å². The summed E-state index contributed by atoms with van der Waals surface area (Å²) < 4.78 is 68.3. The minimum absolute atomic E-state index is 0.0590. The number of rotatable bonds is 72. The van der Waals surface area contributed by atoms with Gasteiger partial charge in [0.2, 0.25) is 0 Å². The van der Waals surface area contributed by atoms with Crippen molar-refractivity contribution in [3.8, 4) is 0 Å². The number of hydrogen-bond acceptors (Lipinski definition) is 15. The predicted octanol–water partition coefficient (Wildman–Crippen LogP) is 22.0. The van der Waals surface area contributed by atoms with Gasteiger partial charge in [-0.05, 0) is 103 Å². The van der Waals surface area contributed by atoms with Crippen LogP contribution in [-0.4, -0.2) is 96.7 Å². The molecule has 0 saturated heterocycles. The lowest BCUT2D eigenvalue weighted by atomic mass is 10.0. The van der Waals surface area contributed by atoms with Crippen molar-refractivity contribution in [2.24, 2.45) is 0 Å². The van der Waals surface area contributed by atoms with Crippen LogP contribution in [0.2, 0.25) is 0 Å². The molecule has 0 rings (SSSR count). The van der Waals surface area contributed by atoms with Crippen LogP contribution in [0.15, 0.2) is 97.2 Å². The van der Waals surface area contributed by atoms with E-state index in [1.807, 2.05) is 18.2 Å². The third-order valence-corrected chi connectivity index (χ3v) is 17.9. The van der Waals surface area contributed by atoms with Crippen molar-refractivity contribution in [1.82, 2.24) is 0 Å². The molecule has 0 radical (unpaired) electrons. The molecule has 5 atom stereocenters. The standard InChI is InChI=1S/C79H138O17P2/c1-5-9-13-17-21-25-29-33-36-40-43-47-51-55-59-63-76(81)89-69-74(95-78(83)65-61-57-53-49-45-39-32-28-24-20-16-12-8-4)71-93-97(85,86)91-67-73(80)68-92-98(87,88)94-72-75(96-79(84)66-62-58-54-50-46-42-38-35-31-27-23-19-15-11-7-3)70-90-77(82)64-60-56-52-48-44-41-37-34-30-26-22-18-14-10-6-2/h9,13,16,20-21,25,28,32-34,36-37,43,47,55,59,73-75,80H,5-8,10-12,14-15,17-19,22-24,26-27,29-31,35,38-42,44-46,48-54,56-58,60-72H2,1-4H3,(H,85,86)(H,87,88)/b13-9-,20-16-,25-21-,32-28-,36-33-,37-34-,47-43-,59-55-. The Morgan fingerprint density at radius 3 is 0.959 bits per heavy atom. The molecule has 0 aliphatic rings. The number of aliphatic hydroxyl groups excluding tert-OH is 1. The first-order valence-corrected chi connectivity index (χ1v) is 41.5. The largest absolute Gasteiger partial charge is 0.472 e. The molecule has 0 aromatic heterocycles. The van der Waals surface area contributed by atoms with Crippen molar-refractivity contribution >= 4 is 39.5 Å². The first kappa shape index (κ1) is 94.0. The zero-order valence-electron chi connectivity index (χ0n) is 61.7. The number of carbonyl (C=O) groups excluding carboxylic acids is 4. The molecule has 0 spiro atoms. The van der Waals surface area contributed by atoms with Gasteiger partial charge in [0.25, 0.3) is 0 Å². The van der Waals surface area contributed by atoms with Crippen molar-refractivity contribution in [2.45, 2.75) is 341 Å². The molecule has 0 aliphatic heterocycles. The fourth-order valence-corrected chi connectivity index (χ4v) is 11.8. The van der Waals surface area contributed by atoms with Gasteiger partial charge >= 0.3 is 39.5 Å². The highest BCUT2D eigenvalue weighted by molar-refractivity contribution is 7.47. The Morgan fingerprint density at radius 2 is 0.592 bits per heavy atom. The summed E-state index contributed by atoms with van der Waals surface area (Å²) in [6.07, 6.45) is 74.3. The predicted molar refractivity (Wildman–Crippen MR) is 399 cm³/mol. The average Bonchev–Trinajstić information content (AvgIpc) is 0.959. The smallest absolute Gasteiger partial charge is 0.462 e. The number of carbonyl (C=O) groups is 4. The second kappa shape index (κ2) is 71.4. The molecule has 0 saturated carbocycles. The Kier molecular flexibility index (Phi) is 68.4. The third-order valence-electron chi connectivity index (χ3n) is 16.0. The van der Waals surface area contributed by atoms with E-state index in [0.29, 0.717) is 25.7 Å². The van der Waals surface area contributed by atoms with Crippen LogP contribution in [0, 0.1) is 0 Å². The molecule has 566 valence electrons. The SMILES string of the molecule is CC/C=C\C/C=C\C/C=C\C/C=C\C/C=C\CC(=O)OCC(COP(=O)(O)OCC(O)COP(=O)(O)OCC(COC(=O)CCCCCCC/C=C\CCCCCCCC)OC(=O)CCCCCCCCCCCCCCCCC)OC(=O)CCCCCCC/C=C\C/C=C\CCC. The first-order valence-electron chi connectivity index (χ1n) is 38.5. The maximum Gasteiger partial charge on any atom is 0.472 e. The Labute approximate surface area is 595 Å². The number of hydrogen-bond donors (Lipinski definition) is 3. The van der Waals surface area contributed by atoms with E-state index >= 15 is 0 Å². The van der Waals surface area contributed by atoms with Gasteiger partial charge in [0.05, 0.1) is 32.8 Å². The van der Waals surface area contributed by atoms with Crippen LogP contribution in [0.25, 0.3) is 0 Å². The molecule has 0 aromatic rings. The van der Waals surface area contributed by atoms with Gasteiger partial charge in [-0.3, -0.25) is 37.3 Å². The zero-order valence-corrected chi connectivity index (χ0v) is 63.5. The Hall–Kier alpha value is -4.02. The molecule has 0 fully saturated rings. The summed E-state index contributed by atoms with van der Waals surface area (Å²) in [6, 6.07) is 0. The summed E-state index contributed by atoms with van der Waals surface area (Å²) in [6.45, 7) is 4.58. The number of esters is 4. The van der Waals surface area contributed by atoms with E-state index in [1.165, 1.54) is 103 Å². The normalized spacial score (nSPS) is 14.5.